The highest BCUT2D eigenvalue weighted by molar-refractivity contribution is 6.21. The molecule has 1 atom stereocenters. The van der Waals surface area contributed by atoms with Gasteiger partial charge in [-0.2, -0.15) is 0 Å². The maximum absolute atomic E-state index is 10.6. The second-order valence-corrected chi connectivity index (χ2v) is 5.31. The third kappa shape index (κ3) is 2.76. The summed E-state index contributed by atoms with van der Waals surface area (Å²) in [6.07, 6.45) is 2.26. The number of hydrogen-bond donors (Lipinski definition) is 0. The lowest BCUT2D eigenvalue weighted by atomic mass is 10.0. The van der Waals surface area contributed by atoms with Crippen LogP contribution in [0.2, 0.25) is 0 Å². The van der Waals surface area contributed by atoms with E-state index in [2.05, 4.69) is 0 Å². The summed E-state index contributed by atoms with van der Waals surface area (Å²) in [7, 11) is 0. The quantitative estimate of drug-likeness (QED) is 0.392. The smallest absolute Gasteiger partial charge is 0.269 e. The number of hydrogen-bond acceptors (Lipinski definition) is 3. The molecule has 0 aliphatic rings. The third-order valence-electron chi connectivity index (χ3n) is 3.41. The number of furan rings is 1. The van der Waals surface area contributed by atoms with Crippen molar-refractivity contribution in [2.45, 2.75) is 11.8 Å². The fourth-order valence-electron chi connectivity index (χ4n) is 2.31. The molecule has 0 spiro atoms. The van der Waals surface area contributed by atoms with Crippen molar-refractivity contribution in [3.05, 3.63) is 76.0 Å². The Bertz CT molecular complexity index is 780. The SMILES string of the molecule is O=[N+]([O-])c1ccc(CC(Cl)c2coc3ccccc23)cc1. The summed E-state index contributed by atoms with van der Waals surface area (Å²) < 4.78 is 5.48. The lowest BCUT2D eigenvalue weighted by molar-refractivity contribution is -0.384. The summed E-state index contributed by atoms with van der Waals surface area (Å²) in [6.45, 7) is 0. The minimum atomic E-state index is -0.411. The predicted molar refractivity (Wildman–Crippen MR) is 81.6 cm³/mol. The average Bonchev–Trinajstić information content (AvgIpc) is 2.92. The second kappa shape index (κ2) is 5.58. The highest BCUT2D eigenvalue weighted by Gasteiger charge is 2.15. The van der Waals surface area contributed by atoms with Gasteiger partial charge in [0.05, 0.1) is 16.6 Å². The van der Waals surface area contributed by atoms with Gasteiger partial charge in [-0.25, -0.2) is 0 Å². The Kier molecular flexibility index (Phi) is 3.62. The van der Waals surface area contributed by atoms with Gasteiger partial charge in [0.15, 0.2) is 0 Å². The maximum Gasteiger partial charge on any atom is 0.269 e. The van der Waals surface area contributed by atoms with E-state index in [1.807, 2.05) is 24.3 Å². The average molecular weight is 302 g/mol. The van der Waals surface area contributed by atoms with Crippen LogP contribution in [0.3, 0.4) is 0 Å². The van der Waals surface area contributed by atoms with Gasteiger partial charge in [-0.15, -0.1) is 11.6 Å². The number of fused-ring (bicyclic) bond motifs is 1. The van der Waals surface area contributed by atoms with Crippen LogP contribution in [0.25, 0.3) is 11.0 Å². The molecular weight excluding hydrogens is 290 g/mol. The van der Waals surface area contributed by atoms with Gasteiger partial charge in [0.25, 0.3) is 5.69 Å². The largest absolute Gasteiger partial charge is 0.464 e. The molecule has 0 bridgehead atoms. The van der Waals surface area contributed by atoms with E-state index in [9.17, 15) is 10.1 Å². The molecule has 1 unspecified atom stereocenters. The molecule has 5 heteroatoms. The highest BCUT2D eigenvalue weighted by Crippen LogP contribution is 2.32. The zero-order valence-electron chi connectivity index (χ0n) is 11.0. The van der Waals surface area contributed by atoms with Crippen LogP contribution in [0, 0.1) is 10.1 Å². The van der Waals surface area contributed by atoms with E-state index in [-0.39, 0.29) is 11.1 Å². The number of alkyl halides is 1. The molecule has 1 aromatic heterocycles. The number of nitro benzene ring substituents is 1. The van der Waals surface area contributed by atoms with Crippen LogP contribution in [0.1, 0.15) is 16.5 Å². The van der Waals surface area contributed by atoms with Crippen molar-refractivity contribution in [1.29, 1.82) is 0 Å². The van der Waals surface area contributed by atoms with Crippen LogP contribution in [0.5, 0.6) is 0 Å². The first kappa shape index (κ1) is 13.6. The van der Waals surface area contributed by atoms with Crippen molar-refractivity contribution in [2.75, 3.05) is 0 Å². The van der Waals surface area contributed by atoms with Crippen LogP contribution < -0.4 is 0 Å². The van der Waals surface area contributed by atoms with Crippen molar-refractivity contribution in [1.82, 2.24) is 0 Å². The summed E-state index contributed by atoms with van der Waals surface area (Å²) >= 11 is 6.47. The van der Waals surface area contributed by atoms with Gasteiger partial charge in [-0.1, -0.05) is 30.3 Å². The van der Waals surface area contributed by atoms with Crippen LogP contribution in [-0.2, 0) is 6.42 Å². The Morgan fingerprint density at radius 2 is 1.86 bits per heavy atom. The molecule has 0 radical (unpaired) electrons. The minimum absolute atomic E-state index is 0.0821. The molecule has 106 valence electrons. The summed E-state index contributed by atoms with van der Waals surface area (Å²) in [5.41, 5.74) is 2.77. The fourth-order valence-corrected chi connectivity index (χ4v) is 2.66. The molecule has 0 saturated heterocycles. The van der Waals surface area contributed by atoms with Gasteiger partial charge in [-0.3, -0.25) is 10.1 Å². The van der Waals surface area contributed by atoms with E-state index in [1.165, 1.54) is 12.1 Å². The van der Waals surface area contributed by atoms with E-state index in [0.29, 0.717) is 6.42 Å². The zero-order valence-corrected chi connectivity index (χ0v) is 11.8. The standard InChI is InChI=1S/C16H12ClNO3/c17-15(9-11-5-7-12(8-6-11)18(19)20)14-10-21-16-4-2-1-3-13(14)16/h1-8,10,15H,9H2. The topological polar surface area (TPSA) is 56.3 Å². The van der Waals surface area contributed by atoms with Crippen LogP contribution in [0.15, 0.2) is 59.2 Å². The number of para-hydroxylation sites is 1. The van der Waals surface area contributed by atoms with Gasteiger partial charge in [0, 0.05) is 23.1 Å². The van der Waals surface area contributed by atoms with Gasteiger partial charge < -0.3 is 4.42 Å². The Labute approximate surface area is 126 Å². The first-order valence-corrected chi connectivity index (χ1v) is 6.92. The first-order chi connectivity index (χ1) is 10.1. The zero-order chi connectivity index (χ0) is 14.8. The molecule has 1 heterocycles. The number of non-ortho nitro benzene ring substituents is 1. The highest BCUT2D eigenvalue weighted by atomic mass is 35.5. The van der Waals surface area contributed by atoms with Crippen molar-refractivity contribution in [3.8, 4) is 0 Å². The van der Waals surface area contributed by atoms with E-state index in [1.54, 1.807) is 18.4 Å². The van der Waals surface area contributed by atoms with Gasteiger partial charge in [0.2, 0.25) is 0 Å². The molecule has 0 saturated carbocycles. The van der Waals surface area contributed by atoms with E-state index >= 15 is 0 Å². The van der Waals surface area contributed by atoms with Crippen LogP contribution >= 0.6 is 11.6 Å². The van der Waals surface area contributed by atoms with Gasteiger partial charge in [-0.05, 0) is 18.1 Å². The van der Waals surface area contributed by atoms with Gasteiger partial charge >= 0.3 is 0 Å². The number of rotatable bonds is 4. The number of benzene rings is 2. The Morgan fingerprint density at radius 3 is 2.57 bits per heavy atom. The third-order valence-corrected chi connectivity index (χ3v) is 3.80. The molecule has 3 rings (SSSR count). The molecule has 0 aliphatic carbocycles. The van der Waals surface area contributed by atoms with Crippen LogP contribution in [-0.4, -0.2) is 4.92 Å². The molecule has 0 aliphatic heterocycles. The molecule has 0 fully saturated rings. The summed E-state index contributed by atoms with van der Waals surface area (Å²) in [5, 5.41) is 11.4. The Hall–Kier alpha value is -2.33. The van der Waals surface area contributed by atoms with E-state index < -0.39 is 4.92 Å². The minimum Gasteiger partial charge on any atom is -0.464 e. The lowest BCUT2D eigenvalue weighted by Crippen LogP contribution is -1.95. The Morgan fingerprint density at radius 1 is 1.14 bits per heavy atom. The molecule has 0 amide bonds. The van der Waals surface area contributed by atoms with Crippen molar-refractivity contribution < 1.29 is 9.34 Å². The number of nitrogens with zero attached hydrogens (tertiary/aromatic N) is 1. The van der Waals surface area contributed by atoms with Crippen molar-refractivity contribution >= 4 is 28.3 Å². The van der Waals surface area contributed by atoms with Crippen molar-refractivity contribution in [2.24, 2.45) is 0 Å². The molecule has 2 aromatic carbocycles. The summed E-state index contributed by atoms with van der Waals surface area (Å²) in [6, 6.07) is 14.2. The van der Waals surface area contributed by atoms with E-state index in [4.69, 9.17) is 16.0 Å². The first-order valence-electron chi connectivity index (χ1n) is 6.48. The molecule has 4 nitrogen and oxygen atoms in total. The monoisotopic (exact) mass is 301 g/mol. The van der Waals surface area contributed by atoms with Crippen LogP contribution in [0.4, 0.5) is 5.69 Å². The molecule has 21 heavy (non-hydrogen) atoms. The van der Waals surface area contributed by atoms with E-state index in [0.717, 1.165) is 22.1 Å². The number of halogens is 1. The lowest BCUT2D eigenvalue weighted by Gasteiger charge is -2.08. The summed E-state index contributed by atoms with van der Waals surface area (Å²) in [5.74, 6) is 0. The fraction of sp³-hybridized carbons (Fsp3) is 0.125. The van der Waals surface area contributed by atoms with Crippen molar-refractivity contribution in [3.63, 3.8) is 0 Å². The Balaban J connectivity index is 1.82. The predicted octanol–water partition coefficient (Wildman–Crippen LogP) is 4.86. The molecule has 0 N–H and O–H groups in total. The normalized spacial score (nSPS) is 12.4. The molecule has 3 aromatic rings. The molecular formula is C16H12ClNO3. The number of nitro groups is 1. The van der Waals surface area contributed by atoms with Gasteiger partial charge in [0.1, 0.15) is 5.58 Å². The summed E-state index contributed by atoms with van der Waals surface area (Å²) in [4.78, 5) is 10.2. The second-order valence-electron chi connectivity index (χ2n) is 4.78. The maximum atomic E-state index is 10.6.